The zero-order chi connectivity index (χ0) is 13.8. The van der Waals surface area contributed by atoms with Crippen LogP contribution in [0.3, 0.4) is 0 Å². The van der Waals surface area contributed by atoms with Gasteiger partial charge in [0.1, 0.15) is 0 Å². The average molecular weight is 262 g/mol. The highest BCUT2D eigenvalue weighted by Crippen LogP contribution is 2.24. The lowest BCUT2D eigenvalue weighted by atomic mass is 10.0. The Hall–Kier alpha value is -1.06. The summed E-state index contributed by atoms with van der Waals surface area (Å²) >= 11 is 0. The summed E-state index contributed by atoms with van der Waals surface area (Å²) in [6.45, 7) is 9.19. The minimum atomic E-state index is 0.263. The highest BCUT2D eigenvalue weighted by Gasteiger charge is 2.24. The molecule has 1 aliphatic rings. The van der Waals surface area contributed by atoms with E-state index in [0.29, 0.717) is 12.5 Å². The summed E-state index contributed by atoms with van der Waals surface area (Å²) in [5.41, 5.74) is 8.33. The Morgan fingerprint density at radius 2 is 1.95 bits per heavy atom. The van der Waals surface area contributed by atoms with Gasteiger partial charge in [0.15, 0.2) is 0 Å². The van der Waals surface area contributed by atoms with Gasteiger partial charge in [-0.1, -0.05) is 26.0 Å². The van der Waals surface area contributed by atoms with E-state index in [9.17, 15) is 0 Å². The second-order valence-electron chi connectivity index (χ2n) is 5.80. The van der Waals surface area contributed by atoms with Crippen molar-refractivity contribution in [3.63, 3.8) is 0 Å². The third-order valence-electron chi connectivity index (χ3n) is 3.74. The average Bonchev–Trinajstić information content (AvgIpc) is 2.38. The van der Waals surface area contributed by atoms with Gasteiger partial charge in [0.25, 0.3) is 0 Å². The van der Waals surface area contributed by atoms with Gasteiger partial charge in [0.2, 0.25) is 0 Å². The molecule has 1 aromatic carbocycles. The highest BCUT2D eigenvalue weighted by molar-refractivity contribution is 5.48. The lowest BCUT2D eigenvalue weighted by Gasteiger charge is -2.38. The van der Waals surface area contributed by atoms with Crippen molar-refractivity contribution in [1.29, 1.82) is 0 Å². The van der Waals surface area contributed by atoms with Crippen LogP contribution in [0, 0.1) is 0 Å². The quantitative estimate of drug-likeness (QED) is 0.906. The molecule has 3 nitrogen and oxygen atoms in total. The normalized spacial score (nSPS) is 23.9. The summed E-state index contributed by atoms with van der Waals surface area (Å²) < 4.78 is 5.92. The molecule has 1 saturated heterocycles. The van der Waals surface area contributed by atoms with E-state index < -0.39 is 0 Å². The van der Waals surface area contributed by atoms with Crippen LogP contribution >= 0.6 is 0 Å². The molecule has 2 rings (SSSR count). The molecule has 0 bridgehead atoms. The number of anilines is 1. The third kappa shape index (κ3) is 3.71. The van der Waals surface area contributed by atoms with Crippen molar-refractivity contribution >= 4 is 5.69 Å². The minimum absolute atomic E-state index is 0.263. The summed E-state index contributed by atoms with van der Waals surface area (Å²) in [5.74, 6) is 0.586. The lowest BCUT2D eigenvalue weighted by molar-refractivity contribution is -0.0183. The van der Waals surface area contributed by atoms with Crippen molar-refractivity contribution in [2.75, 3.05) is 24.5 Å². The van der Waals surface area contributed by atoms with E-state index in [1.165, 1.54) is 11.3 Å². The third-order valence-corrected chi connectivity index (χ3v) is 3.74. The molecule has 3 heteroatoms. The number of hydrogen-bond acceptors (Lipinski definition) is 3. The lowest BCUT2D eigenvalue weighted by Crippen LogP contribution is -2.47. The standard InChI is InChI=1S/C16H26N2O/c1-12(2)14-4-6-15(7-5-14)18-10-13(3)19-16(11-18)8-9-17/h4-7,12-13,16H,8-11,17H2,1-3H3. The Morgan fingerprint density at radius 1 is 1.26 bits per heavy atom. The molecule has 106 valence electrons. The fraction of sp³-hybridized carbons (Fsp3) is 0.625. The highest BCUT2D eigenvalue weighted by atomic mass is 16.5. The van der Waals surface area contributed by atoms with Crippen LogP contribution in [0.1, 0.15) is 38.7 Å². The van der Waals surface area contributed by atoms with Crippen LogP contribution in [0.4, 0.5) is 5.69 Å². The van der Waals surface area contributed by atoms with Crippen LogP contribution in [0.2, 0.25) is 0 Å². The van der Waals surface area contributed by atoms with Crippen molar-refractivity contribution < 1.29 is 4.74 Å². The van der Waals surface area contributed by atoms with E-state index in [-0.39, 0.29) is 12.2 Å². The number of hydrogen-bond donors (Lipinski definition) is 1. The maximum Gasteiger partial charge on any atom is 0.0766 e. The van der Waals surface area contributed by atoms with E-state index in [1.54, 1.807) is 0 Å². The first-order valence-corrected chi connectivity index (χ1v) is 7.30. The van der Waals surface area contributed by atoms with Crippen molar-refractivity contribution in [3.05, 3.63) is 29.8 Å². The molecule has 2 atom stereocenters. The van der Waals surface area contributed by atoms with Crippen LogP contribution in [-0.2, 0) is 4.74 Å². The number of morpholine rings is 1. The first kappa shape index (κ1) is 14.4. The van der Waals surface area contributed by atoms with Crippen LogP contribution in [-0.4, -0.2) is 31.8 Å². The summed E-state index contributed by atoms with van der Waals surface area (Å²) in [6, 6.07) is 8.93. The van der Waals surface area contributed by atoms with E-state index in [4.69, 9.17) is 10.5 Å². The van der Waals surface area contributed by atoms with Gasteiger partial charge in [-0.25, -0.2) is 0 Å². The molecule has 2 N–H and O–H groups in total. The Balaban J connectivity index is 2.07. The van der Waals surface area contributed by atoms with Crippen LogP contribution in [0.15, 0.2) is 24.3 Å². The van der Waals surface area contributed by atoms with Crippen LogP contribution in [0.5, 0.6) is 0 Å². The maximum absolute atomic E-state index is 5.92. The number of nitrogens with zero attached hydrogens (tertiary/aromatic N) is 1. The van der Waals surface area contributed by atoms with Crippen molar-refractivity contribution in [2.24, 2.45) is 5.73 Å². The molecule has 1 aromatic rings. The summed E-state index contributed by atoms with van der Waals surface area (Å²) in [4.78, 5) is 2.42. The zero-order valence-corrected chi connectivity index (χ0v) is 12.3. The van der Waals surface area contributed by atoms with E-state index in [0.717, 1.165) is 19.5 Å². The molecular weight excluding hydrogens is 236 g/mol. The first-order valence-electron chi connectivity index (χ1n) is 7.30. The van der Waals surface area contributed by atoms with Crippen molar-refractivity contribution in [1.82, 2.24) is 0 Å². The zero-order valence-electron chi connectivity index (χ0n) is 12.3. The number of rotatable bonds is 4. The van der Waals surface area contributed by atoms with E-state index in [2.05, 4.69) is 49.9 Å². The van der Waals surface area contributed by atoms with E-state index >= 15 is 0 Å². The van der Waals surface area contributed by atoms with Gasteiger partial charge >= 0.3 is 0 Å². The molecule has 0 aliphatic carbocycles. The minimum Gasteiger partial charge on any atom is -0.372 e. The van der Waals surface area contributed by atoms with Crippen molar-refractivity contribution in [3.8, 4) is 0 Å². The number of nitrogens with two attached hydrogens (primary N) is 1. The molecule has 0 radical (unpaired) electrons. The van der Waals surface area contributed by atoms with E-state index in [1.807, 2.05) is 0 Å². The van der Waals surface area contributed by atoms with Gasteiger partial charge in [-0.3, -0.25) is 0 Å². The summed E-state index contributed by atoms with van der Waals surface area (Å²) in [5, 5.41) is 0. The van der Waals surface area contributed by atoms with Crippen LogP contribution < -0.4 is 10.6 Å². The van der Waals surface area contributed by atoms with Gasteiger partial charge in [0.05, 0.1) is 12.2 Å². The molecule has 1 aliphatic heterocycles. The smallest absolute Gasteiger partial charge is 0.0766 e. The molecule has 0 saturated carbocycles. The van der Waals surface area contributed by atoms with Gasteiger partial charge in [0, 0.05) is 18.8 Å². The van der Waals surface area contributed by atoms with Gasteiger partial charge in [-0.2, -0.15) is 0 Å². The SMILES string of the molecule is CC1CN(c2ccc(C(C)C)cc2)CC(CCN)O1. The first-order chi connectivity index (χ1) is 9.10. The number of benzene rings is 1. The monoisotopic (exact) mass is 262 g/mol. The Bertz CT molecular complexity index is 388. The second kappa shape index (κ2) is 6.40. The molecule has 0 amide bonds. The predicted octanol–water partition coefficient (Wildman–Crippen LogP) is 2.75. The fourth-order valence-electron chi connectivity index (χ4n) is 2.67. The Labute approximate surface area is 116 Å². The number of ether oxygens (including phenoxy) is 1. The van der Waals surface area contributed by atoms with Gasteiger partial charge in [-0.15, -0.1) is 0 Å². The summed E-state index contributed by atoms with van der Waals surface area (Å²) in [6.07, 6.45) is 1.47. The molecular formula is C16H26N2O. The fourth-order valence-corrected chi connectivity index (χ4v) is 2.67. The van der Waals surface area contributed by atoms with Crippen molar-refractivity contribution in [2.45, 2.75) is 45.3 Å². The molecule has 1 heterocycles. The molecule has 0 spiro atoms. The Kier molecular flexibility index (Phi) is 4.83. The Morgan fingerprint density at radius 3 is 2.53 bits per heavy atom. The largest absolute Gasteiger partial charge is 0.372 e. The van der Waals surface area contributed by atoms with Gasteiger partial charge in [-0.05, 0) is 43.5 Å². The molecule has 0 aromatic heterocycles. The van der Waals surface area contributed by atoms with Gasteiger partial charge < -0.3 is 15.4 Å². The van der Waals surface area contributed by atoms with Crippen LogP contribution in [0.25, 0.3) is 0 Å². The second-order valence-corrected chi connectivity index (χ2v) is 5.80. The molecule has 1 fully saturated rings. The predicted molar refractivity (Wildman–Crippen MR) is 80.8 cm³/mol. The summed E-state index contributed by atoms with van der Waals surface area (Å²) in [7, 11) is 0. The topological polar surface area (TPSA) is 38.5 Å². The molecule has 19 heavy (non-hydrogen) atoms. The maximum atomic E-state index is 5.92. The molecule has 2 unspecified atom stereocenters.